The molecule has 3 aromatic rings. The first-order chi connectivity index (χ1) is 13.8. The molecule has 0 fully saturated rings. The number of hydrogen-bond acceptors (Lipinski definition) is 5. The third-order valence-electron chi connectivity index (χ3n) is 4.92. The minimum Gasteiger partial charge on any atom is -0.309 e. The average Bonchev–Trinajstić information content (AvgIpc) is 3.08. The smallest absolute Gasteiger partial charge is 0.309 e. The number of carbonyl (C=O) groups is 1. The lowest BCUT2D eigenvalue weighted by atomic mass is 10.2. The molecule has 0 aliphatic carbocycles. The van der Waals surface area contributed by atoms with Crippen molar-refractivity contribution in [3.05, 3.63) is 68.7 Å². The first-order valence-corrected chi connectivity index (χ1v) is 8.91. The van der Waals surface area contributed by atoms with Crippen molar-refractivity contribution >= 4 is 17.4 Å². The molecule has 2 aromatic heterocycles. The van der Waals surface area contributed by atoms with Gasteiger partial charge in [-0.15, -0.1) is 0 Å². The maximum Gasteiger partial charge on any atom is 0.312 e. The largest absolute Gasteiger partial charge is 0.312 e. The fourth-order valence-corrected chi connectivity index (χ4v) is 3.37. The summed E-state index contributed by atoms with van der Waals surface area (Å²) in [7, 11) is 0. The first-order valence-electron chi connectivity index (χ1n) is 8.91. The predicted octanol–water partition coefficient (Wildman–Crippen LogP) is 3.33. The van der Waals surface area contributed by atoms with Gasteiger partial charge in [-0.3, -0.25) is 24.2 Å². The lowest BCUT2D eigenvalue weighted by Gasteiger charge is -2.13. The Morgan fingerprint density at radius 2 is 1.86 bits per heavy atom. The van der Waals surface area contributed by atoms with Crippen LogP contribution in [0.25, 0.3) is 5.69 Å². The van der Waals surface area contributed by atoms with Gasteiger partial charge in [-0.25, -0.2) is 0 Å². The molecule has 148 valence electrons. The maximum absolute atomic E-state index is 12.7. The number of hydrogen-bond donors (Lipinski definition) is 1. The van der Waals surface area contributed by atoms with Gasteiger partial charge in [-0.2, -0.15) is 10.4 Å². The molecule has 0 saturated heterocycles. The second-order valence-electron chi connectivity index (χ2n) is 6.70. The third-order valence-corrected chi connectivity index (χ3v) is 4.92. The number of carbonyl (C=O) groups excluding carboxylic acids is 1. The molecule has 1 aromatic carbocycles. The summed E-state index contributed by atoms with van der Waals surface area (Å²) in [5.74, 6) is -0.0635. The van der Waals surface area contributed by atoms with Crippen molar-refractivity contribution in [3.63, 3.8) is 0 Å². The fourth-order valence-electron chi connectivity index (χ4n) is 3.37. The van der Waals surface area contributed by atoms with Crippen LogP contribution in [0, 0.1) is 49.1 Å². The highest BCUT2D eigenvalue weighted by molar-refractivity contribution is 5.92. The Hall–Kier alpha value is -3.93. The van der Waals surface area contributed by atoms with E-state index in [0.29, 0.717) is 17.1 Å². The fraction of sp³-hybridized carbons (Fsp3) is 0.250. The van der Waals surface area contributed by atoms with Gasteiger partial charge in [0.2, 0.25) is 5.91 Å². The summed E-state index contributed by atoms with van der Waals surface area (Å²) in [6, 6.07) is 11.5. The summed E-state index contributed by atoms with van der Waals surface area (Å²) in [5.41, 5.74) is 3.24. The van der Waals surface area contributed by atoms with Crippen molar-refractivity contribution in [1.82, 2.24) is 14.3 Å². The zero-order chi connectivity index (χ0) is 21.3. The number of nitrogens with one attached hydrogen (secondary N) is 1. The van der Waals surface area contributed by atoms with E-state index in [0.717, 1.165) is 16.9 Å². The van der Waals surface area contributed by atoms with Crippen molar-refractivity contribution in [2.75, 3.05) is 5.32 Å². The Morgan fingerprint density at radius 3 is 2.41 bits per heavy atom. The Morgan fingerprint density at radius 1 is 1.21 bits per heavy atom. The van der Waals surface area contributed by atoms with E-state index in [1.54, 1.807) is 6.92 Å². The number of anilines is 1. The predicted molar refractivity (Wildman–Crippen MR) is 107 cm³/mol. The molecule has 0 unspecified atom stereocenters. The highest BCUT2D eigenvalue weighted by Crippen LogP contribution is 2.30. The number of amides is 1. The Kier molecular flexibility index (Phi) is 5.19. The molecule has 2 heterocycles. The van der Waals surface area contributed by atoms with Crippen LogP contribution in [0.1, 0.15) is 28.2 Å². The Bertz CT molecular complexity index is 1150. The van der Waals surface area contributed by atoms with E-state index >= 15 is 0 Å². The monoisotopic (exact) mass is 392 g/mol. The van der Waals surface area contributed by atoms with Crippen LogP contribution in [-0.4, -0.2) is 25.2 Å². The van der Waals surface area contributed by atoms with Crippen LogP contribution in [0.3, 0.4) is 0 Å². The molecule has 0 saturated carbocycles. The van der Waals surface area contributed by atoms with Gasteiger partial charge in [0.1, 0.15) is 29.8 Å². The lowest BCUT2D eigenvalue weighted by molar-refractivity contribution is -0.386. The molecule has 1 N–H and O–H groups in total. The summed E-state index contributed by atoms with van der Waals surface area (Å²) >= 11 is 0. The van der Waals surface area contributed by atoms with E-state index < -0.39 is 10.8 Å². The van der Waals surface area contributed by atoms with Crippen LogP contribution in [0.5, 0.6) is 0 Å². The molecule has 0 bridgehead atoms. The topological polar surface area (TPSA) is 119 Å². The second-order valence-corrected chi connectivity index (χ2v) is 6.70. The van der Waals surface area contributed by atoms with Crippen LogP contribution in [0.15, 0.2) is 30.3 Å². The third kappa shape index (κ3) is 3.48. The van der Waals surface area contributed by atoms with Crippen molar-refractivity contribution in [2.45, 2.75) is 34.2 Å². The van der Waals surface area contributed by atoms with Crippen molar-refractivity contribution in [3.8, 4) is 11.8 Å². The molecule has 29 heavy (non-hydrogen) atoms. The van der Waals surface area contributed by atoms with Crippen molar-refractivity contribution in [2.24, 2.45) is 0 Å². The van der Waals surface area contributed by atoms with Gasteiger partial charge in [0, 0.05) is 11.4 Å². The average molecular weight is 392 g/mol. The van der Waals surface area contributed by atoms with Crippen molar-refractivity contribution < 1.29 is 9.72 Å². The summed E-state index contributed by atoms with van der Waals surface area (Å²) in [6.07, 6.45) is 0. The summed E-state index contributed by atoms with van der Waals surface area (Å²) < 4.78 is 3.11. The van der Waals surface area contributed by atoms with Gasteiger partial charge in [0.05, 0.1) is 10.5 Å². The number of nitrogens with zero attached hydrogens (tertiary/aromatic N) is 5. The van der Waals surface area contributed by atoms with E-state index in [2.05, 4.69) is 16.5 Å². The minimum atomic E-state index is -0.507. The summed E-state index contributed by atoms with van der Waals surface area (Å²) in [5, 5.41) is 27.7. The van der Waals surface area contributed by atoms with Crippen LogP contribution < -0.4 is 5.32 Å². The molecule has 0 spiro atoms. The van der Waals surface area contributed by atoms with Crippen LogP contribution in [-0.2, 0) is 11.3 Å². The van der Waals surface area contributed by atoms with E-state index in [1.165, 1.54) is 11.6 Å². The highest BCUT2D eigenvalue weighted by atomic mass is 16.6. The van der Waals surface area contributed by atoms with Gasteiger partial charge >= 0.3 is 5.69 Å². The maximum atomic E-state index is 12.7. The normalized spacial score (nSPS) is 10.6. The number of nitriles is 1. The van der Waals surface area contributed by atoms with Gasteiger partial charge in [0.15, 0.2) is 0 Å². The molecule has 9 nitrogen and oxygen atoms in total. The molecular formula is C20H20N6O3. The number of nitro groups is 1. The SMILES string of the molecule is Cc1nn(CC(=O)Nc2c(C#N)c(C)c(C)n2-c2ccccc2)c(C)c1[N+](=O)[O-]. The minimum absolute atomic E-state index is 0.102. The zero-order valence-corrected chi connectivity index (χ0v) is 16.6. The molecule has 0 radical (unpaired) electrons. The summed E-state index contributed by atoms with van der Waals surface area (Å²) in [4.78, 5) is 23.4. The number of para-hydroxylation sites is 1. The molecule has 0 aliphatic rings. The van der Waals surface area contributed by atoms with E-state index in [1.807, 2.05) is 48.7 Å². The Labute approximate surface area is 167 Å². The van der Waals surface area contributed by atoms with Gasteiger partial charge in [-0.05, 0) is 45.4 Å². The van der Waals surface area contributed by atoms with E-state index in [4.69, 9.17) is 0 Å². The number of aryl methyl sites for hydroxylation is 1. The number of benzene rings is 1. The molecular weight excluding hydrogens is 372 g/mol. The lowest BCUT2D eigenvalue weighted by Crippen LogP contribution is -2.22. The number of aromatic nitrogens is 3. The van der Waals surface area contributed by atoms with Crippen LogP contribution in [0.2, 0.25) is 0 Å². The molecule has 1 amide bonds. The second kappa shape index (κ2) is 7.59. The van der Waals surface area contributed by atoms with Crippen LogP contribution >= 0.6 is 0 Å². The standard InChI is InChI=1S/C20H20N6O3/c1-12-14(3)25(16-8-6-5-7-9-16)20(17(12)10-21)22-18(27)11-24-15(4)19(26(28)29)13(2)23-24/h5-9H,11H2,1-4H3,(H,22,27). The van der Waals surface area contributed by atoms with Crippen molar-refractivity contribution in [1.29, 1.82) is 5.26 Å². The first kappa shape index (κ1) is 19.8. The molecule has 3 rings (SSSR count). The van der Waals surface area contributed by atoms with Gasteiger partial charge < -0.3 is 5.32 Å². The van der Waals surface area contributed by atoms with Gasteiger partial charge in [-0.1, -0.05) is 18.2 Å². The van der Waals surface area contributed by atoms with E-state index in [-0.39, 0.29) is 17.9 Å². The van der Waals surface area contributed by atoms with Crippen LogP contribution in [0.4, 0.5) is 11.5 Å². The molecule has 0 atom stereocenters. The van der Waals surface area contributed by atoms with E-state index in [9.17, 15) is 20.2 Å². The van der Waals surface area contributed by atoms with Gasteiger partial charge in [0.25, 0.3) is 0 Å². The Balaban J connectivity index is 1.98. The highest BCUT2D eigenvalue weighted by Gasteiger charge is 2.24. The number of rotatable bonds is 5. The molecule has 0 aliphatic heterocycles. The summed E-state index contributed by atoms with van der Waals surface area (Å²) in [6.45, 7) is 6.58. The molecule has 9 heteroatoms. The zero-order valence-electron chi connectivity index (χ0n) is 16.6. The quantitative estimate of drug-likeness (QED) is 0.528.